The molecule has 2 aromatic heterocycles. The minimum atomic E-state index is 0.543. The number of thiocarbonyl (C=S) groups is 1. The van der Waals surface area contributed by atoms with Crippen molar-refractivity contribution in [2.45, 2.75) is 6.92 Å². The molecule has 1 aromatic carbocycles. The quantitative estimate of drug-likeness (QED) is 0.725. The van der Waals surface area contributed by atoms with Gasteiger partial charge in [0.15, 0.2) is 10.8 Å². The van der Waals surface area contributed by atoms with Crippen LogP contribution in [0.2, 0.25) is 0 Å². The van der Waals surface area contributed by atoms with Crippen molar-refractivity contribution in [3.8, 4) is 11.3 Å². The molecule has 3 aromatic rings. The van der Waals surface area contributed by atoms with Gasteiger partial charge in [0.05, 0.1) is 11.9 Å². The smallest absolute Gasteiger partial charge is 0.180 e. The Hall–Kier alpha value is -2.60. The van der Waals surface area contributed by atoms with Crippen molar-refractivity contribution in [1.29, 1.82) is 0 Å². The zero-order valence-electron chi connectivity index (χ0n) is 12.1. The van der Waals surface area contributed by atoms with E-state index in [2.05, 4.69) is 25.6 Å². The van der Waals surface area contributed by atoms with Crippen LogP contribution in [0, 0.1) is 0 Å². The number of hydrogen-bond donors (Lipinski definition) is 2. The summed E-state index contributed by atoms with van der Waals surface area (Å²) in [6, 6.07) is 13.6. The highest BCUT2D eigenvalue weighted by Crippen LogP contribution is 2.18. The predicted octanol–water partition coefficient (Wildman–Crippen LogP) is 3.00. The van der Waals surface area contributed by atoms with Crippen LogP contribution in [-0.2, 0) is 0 Å². The number of nitrogens with one attached hydrogen (secondary N) is 2. The molecule has 0 fully saturated rings. The summed E-state index contributed by atoms with van der Waals surface area (Å²) >= 11 is 5.16. The molecule has 0 aliphatic heterocycles. The Morgan fingerprint density at radius 3 is 2.68 bits per heavy atom. The fourth-order valence-corrected chi connectivity index (χ4v) is 2.29. The molecule has 0 aliphatic carbocycles. The Morgan fingerprint density at radius 2 is 1.91 bits per heavy atom. The highest BCUT2D eigenvalue weighted by molar-refractivity contribution is 7.80. The first kappa shape index (κ1) is 14.3. The van der Waals surface area contributed by atoms with Crippen molar-refractivity contribution in [2.24, 2.45) is 0 Å². The van der Waals surface area contributed by atoms with E-state index in [1.807, 2.05) is 49.4 Å². The molecule has 0 bridgehead atoms. The van der Waals surface area contributed by atoms with Crippen molar-refractivity contribution in [1.82, 2.24) is 20.3 Å². The molecule has 6 heteroatoms. The largest absolute Gasteiger partial charge is 0.363 e. The van der Waals surface area contributed by atoms with Crippen molar-refractivity contribution < 1.29 is 0 Å². The van der Waals surface area contributed by atoms with E-state index in [0.717, 1.165) is 23.3 Å². The highest BCUT2D eigenvalue weighted by atomic mass is 32.1. The SMILES string of the molecule is CCNC(=S)Nc1ccc2ncc(-c3ccccc3)nc2n1. The number of hydrogen-bond acceptors (Lipinski definition) is 4. The number of fused-ring (bicyclic) bond motifs is 1. The molecule has 5 nitrogen and oxygen atoms in total. The summed E-state index contributed by atoms with van der Waals surface area (Å²) in [6.45, 7) is 2.75. The molecule has 2 N–H and O–H groups in total. The molecule has 0 amide bonds. The summed E-state index contributed by atoms with van der Waals surface area (Å²) in [7, 11) is 0. The minimum absolute atomic E-state index is 0.543. The lowest BCUT2D eigenvalue weighted by atomic mass is 10.2. The molecule has 22 heavy (non-hydrogen) atoms. The van der Waals surface area contributed by atoms with E-state index < -0.39 is 0 Å². The Kier molecular flexibility index (Phi) is 4.20. The fourth-order valence-electron chi connectivity index (χ4n) is 2.04. The molecule has 0 atom stereocenters. The van der Waals surface area contributed by atoms with Crippen molar-refractivity contribution in [3.63, 3.8) is 0 Å². The van der Waals surface area contributed by atoms with Crippen LogP contribution < -0.4 is 10.6 Å². The Bertz CT molecular complexity index is 804. The number of aromatic nitrogens is 3. The van der Waals surface area contributed by atoms with E-state index in [0.29, 0.717) is 16.6 Å². The van der Waals surface area contributed by atoms with E-state index >= 15 is 0 Å². The van der Waals surface area contributed by atoms with Crippen molar-refractivity contribution >= 4 is 34.3 Å². The summed E-state index contributed by atoms with van der Waals surface area (Å²) in [6.07, 6.45) is 1.76. The lowest BCUT2D eigenvalue weighted by Crippen LogP contribution is -2.28. The van der Waals surface area contributed by atoms with Crippen molar-refractivity contribution in [3.05, 3.63) is 48.7 Å². The van der Waals surface area contributed by atoms with Crippen molar-refractivity contribution in [2.75, 3.05) is 11.9 Å². The van der Waals surface area contributed by atoms with Gasteiger partial charge < -0.3 is 10.6 Å². The van der Waals surface area contributed by atoms with Crippen LogP contribution in [0.15, 0.2) is 48.7 Å². The number of nitrogens with zero attached hydrogens (tertiary/aromatic N) is 3. The van der Waals surface area contributed by atoms with Gasteiger partial charge in [-0.15, -0.1) is 0 Å². The zero-order chi connectivity index (χ0) is 15.4. The minimum Gasteiger partial charge on any atom is -0.363 e. The van der Waals surface area contributed by atoms with Gasteiger partial charge in [0, 0.05) is 12.1 Å². The molecule has 2 heterocycles. The van der Waals surface area contributed by atoms with E-state index in [-0.39, 0.29) is 0 Å². The van der Waals surface area contributed by atoms with E-state index in [9.17, 15) is 0 Å². The van der Waals surface area contributed by atoms with Crippen LogP contribution in [0.1, 0.15) is 6.92 Å². The molecular formula is C16H15N5S. The van der Waals surface area contributed by atoms with Gasteiger partial charge in [-0.2, -0.15) is 0 Å². The second-order valence-electron chi connectivity index (χ2n) is 4.64. The topological polar surface area (TPSA) is 62.7 Å². The number of pyridine rings is 1. The fraction of sp³-hybridized carbons (Fsp3) is 0.125. The van der Waals surface area contributed by atoms with Gasteiger partial charge in [-0.3, -0.25) is 4.98 Å². The maximum absolute atomic E-state index is 5.16. The second-order valence-corrected chi connectivity index (χ2v) is 5.05. The van der Waals surface area contributed by atoms with E-state index in [1.54, 1.807) is 6.20 Å². The Labute approximate surface area is 133 Å². The lowest BCUT2D eigenvalue weighted by Gasteiger charge is -2.08. The number of benzene rings is 1. The Morgan fingerprint density at radius 1 is 1.09 bits per heavy atom. The van der Waals surface area contributed by atoms with Crippen LogP contribution in [0.5, 0.6) is 0 Å². The summed E-state index contributed by atoms with van der Waals surface area (Å²) in [5.74, 6) is 0.651. The average Bonchev–Trinajstić information content (AvgIpc) is 2.55. The normalized spacial score (nSPS) is 10.4. The maximum Gasteiger partial charge on any atom is 0.180 e. The first-order valence-corrected chi connectivity index (χ1v) is 7.41. The van der Waals surface area contributed by atoms with Crippen LogP contribution in [0.4, 0.5) is 5.82 Å². The van der Waals surface area contributed by atoms with E-state index in [1.165, 1.54) is 0 Å². The third kappa shape index (κ3) is 3.17. The number of rotatable bonds is 3. The summed E-state index contributed by atoms with van der Waals surface area (Å²) in [5.41, 5.74) is 3.15. The van der Waals surface area contributed by atoms with Crippen LogP contribution >= 0.6 is 12.2 Å². The monoisotopic (exact) mass is 309 g/mol. The average molecular weight is 309 g/mol. The molecule has 3 rings (SSSR count). The first-order chi connectivity index (χ1) is 10.8. The van der Waals surface area contributed by atoms with Gasteiger partial charge in [-0.05, 0) is 31.3 Å². The standard InChI is InChI=1S/C16H15N5S/c1-2-17-16(22)21-14-9-8-12-15(20-14)19-13(10-18-12)11-6-4-3-5-7-11/h3-10H,2H2,1H3,(H2,17,19,20,21,22). The van der Waals surface area contributed by atoms with Crippen LogP contribution in [-0.4, -0.2) is 26.6 Å². The first-order valence-electron chi connectivity index (χ1n) is 7.00. The van der Waals surface area contributed by atoms with Gasteiger partial charge in [0.1, 0.15) is 11.3 Å². The molecule has 0 saturated heterocycles. The molecule has 0 spiro atoms. The highest BCUT2D eigenvalue weighted by Gasteiger charge is 2.05. The van der Waals surface area contributed by atoms with Crippen LogP contribution in [0.3, 0.4) is 0 Å². The van der Waals surface area contributed by atoms with Gasteiger partial charge in [0.2, 0.25) is 0 Å². The van der Waals surface area contributed by atoms with Gasteiger partial charge >= 0.3 is 0 Å². The van der Waals surface area contributed by atoms with Crippen LogP contribution in [0.25, 0.3) is 22.4 Å². The molecule has 0 saturated carbocycles. The van der Waals surface area contributed by atoms with Gasteiger partial charge in [-0.25, -0.2) is 9.97 Å². The molecular weight excluding hydrogens is 294 g/mol. The van der Waals surface area contributed by atoms with Gasteiger partial charge in [0.25, 0.3) is 0 Å². The van der Waals surface area contributed by atoms with E-state index in [4.69, 9.17) is 12.2 Å². The molecule has 110 valence electrons. The second kappa shape index (κ2) is 6.44. The zero-order valence-corrected chi connectivity index (χ0v) is 12.9. The third-order valence-electron chi connectivity index (χ3n) is 3.06. The molecule has 0 aliphatic rings. The summed E-state index contributed by atoms with van der Waals surface area (Å²) in [4.78, 5) is 13.5. The molecule has 0 unspecified atom stereocenters. The van der Waals surface area contributed by atoms with Gasteiger partial charge in [-0.1, -0.05) is 30.3 Å². The molecule has 0 radical (unpaired) electrons. The lowest BCUT2D eigenvalue weighted by molar-refractivity contribution is 0.978. The third-order valence-corrected chi connectivity index (χ3v) is 3.30. The summed E-state index contributed by atoms with van der Waals surface area (Å²) in [5, 5.41) is 6.60. The predicted molar refractivity (Wildman–Crippen MR) is 92.7 cm³/mol. The Balaban J connectivity index is 1.94. The number of anilines is 1. The maximum atomic E-state index is 5.16. The summed E-state index contributed by atoms with van der Waals surface area (Å²) < 4.78 is 0.